The Kier molecular flexibility index (Phi) is 5.06. The molecule has 0 unspecified atom stereocenters. The molecule has 2 aliphatic heterocycles. The maximum atomic E-state index is 12.5. The number of ether oxygens (including phenoxy) is 3. The molecule has 28 heavy (non-hydrogen) atoms. The van der Waals surface area contributed by atoms with Gasteiger partial charge in [-0.1, -0.05) is 12.1 Å². The number of hydrogen-bond donors (Lipinski definition) is 1. The quantitative estimate of drug-likeness (QED) is 0.855. The van der Waals surface area contributed by atoms with Gasteiger partial charge in [-0.15, -0.1) is 0 Å². The van der Waals surface area contributed by atoms with Gasteiger partial charge in [-0.25, -0.2) is 0 Å². The summed E-state index contributed by atoms with van der Waals surface area (Å²) in [5, 5.41) is 2.96. The van der Waals surface area contributed by atoms with Crippen LogP contribution in [0.4, 0.5) is 5.69 Å². The predicted octanol–water partition coefficient (Wildman–Crippen LogP) is 1.93. The molecule has 0 aliphatic carbocycles. The van der Waals surface area contributed by atoms with Crippen molar-refractivity contribution < 1.29 is 23.8 Å². The van der Waals surface area contributed by atoms with Crippen molar-refractivity contribution in [1.82, 2.24) is 5.32 Å². The number of hydrogen-bond acceptors (Lipinski definition) is 5. The summed E-state index contributed by atoms with van der Waals surface area (Å²) < 4.78 is 16.2. The third-order valence-electron chi connectivity index (χ3n) is 4.85. The first-order chi connectivity index (χ1) is 13.6. The Bertz CT molecular complexity index is 881. The van der Waals surface area contributed by atoms with Gasteiger partial charge in [0.05, 0.1) is 19.6 Å². The van der Waals surface area contributed by atoms with Crippen LogP contribution in [0.3, 0.4) is 0 Å². The molecular weight excluding hydrogens is 360 g/mol. The minimum Gasteiger partial charge on any atom is -0.497 e. The number of amides is 2. The van der Waals surface area contributed by atoms with Gasteiger partial charge in [0, 0.05) is 24.7 Å². The van der Waals surface area contributed by atoms with Crippen LogP contribution in [0.5, 0.6) is 17.2 Å². The molecule has 2 aromatic rings. The lowest BCUT2D eigenvalue weighted by molar-refractivity contribution is -0.121. The largest absolute Gasteiger partial charge is 0.497 e. The molecule has 7 nitrogen and oxygen atoms in total. The summed E-state index contributed by atoms with van der Waals surface area (Å²) >= 11 is 0. The second kappa shape index (κ2) is 7.80. The van der Waals surface area contributed by atoms with Crippen molar-refractivity contribution in [3.8, 4) is 17.2 Å². The summed E-state index contributed by atoms with van der Waals surface area (Å²) in [6, 6.07) is 12.6. The zero-order chi connectivity index (χ0) is 19.5. The Balaban J connectivity index is 1.37. The maximum Gasteiger partial charge on any atom is 0.229 e. The smallest absolute Gasteiger partial charge is 0.229 e. The van der Waals surface area contributed by atoms with Crippen LogP contribution in [-0.2, 0) is 16.0 Å². The fourth-order valence-corrected chi connectivity index (χ4v) is 3.46. The van der Waals surface area contributed by atoms with Crippen molar-refractivity contribution >= 4 is 17.5 Å². The summed E-state index contributed by atoms with van der Waals surface area (Å²) in [6.45, 7) is 1.46. The van der Waals surface area contributed by atoms with Gasteiger partial charge in [-0.3, -0.25) is 9.59 Å². The Morgan fingerprint density at radius 2 is 1.89 bits per heavy atom. The van der Waals surface area contributed by atoms with E-state index >= 15 is 0 Å². The molecule has 4 rings (SSSR count). The molecule has 0 radical (unpaired) electrons. The molecule has 1 fully saturated rings. The predicted molar refractivity (Wildman–Crippen MR) is 103 cm³/mol. The highest BCUT2D eigenvalue weighted by Gasteiger charge is 2.32. The average Bonchev–Trinajstić information content (AvgIpc) is 3.08. The fraction of sp³-hybridized carbons (Fsp3) is 0.333. The highest BCUT2D eigenvalue weighted by molar-refractivity contribution is 5.97. The number of carbonyl (C=O) groups excluding carboxylic acids is 2. The first kappa shape index (κ1) is 18.2. The maximum absolute atomic E-state index is 12.5. The van der Waals surface area contributed by atoms with Crippen LogP contribution in [-0.4, -0.2) is 44.7 Å². The van der Waals surface area contributed by atoms with Crippen molar-refractivity contribution in [2.45, 2.75) is 18.9 Å². The minimum absolute atomic E-state index is 0.0218. The van der Waals surface area contributed by atoms with Crippen LogP contribution in [0.15, 0.2) is 42.5 Å². The topological polar surface area (TPSA) is 77.1 Å². The standard InChI is InChI=1S/C21H22N2O5/c1-26-17-5-2-14(3-6-17)10-20(24)22-15-11-21(25)23(13-15)16-4-7-18-19(12-16)28-9-8-27-18/h2-7,12,15H,8-11,13H2,1H3,(H,22,24)/t15-/m0/s1. The zero-order valence-electron chi connectivity index (χ0n) is 15.6. The number of fused-ring (bicyclic) bond motifs is 1. The van der Waals surface area contributed by atoms with Crippen LogP contribution in [0.1, 0.15) is 12.0 Å². The Morgan fingerprint density at radius 1 is 1.14 bits per heavy atom. The van der Waals surface area contributed by atoms with E-state index in [1.54, 1.807) is 12.0 Å². The summed E-state index contributed by atoms with van der Waals surface area (Å²) in [5.41, 5.74) is 1.65. The van der Waals surface area contributed by atoms with E-state index in [4.69, 9.17) is 14.2 Å². The summed E-state index contributed by atoms with van der Waals surface area (Å²) in [7, 11) is 1.60. The van der Waals surface area contributed by atoms with E-state index in [-0.39, 0.29) is 30.7 Å². The van der Waals surface area contributed by atoms with E-state index in [9.17, 15) is 9.59 Å². The Morgan fingerprint density at radius 3 is 2.64 bits per heavy atom. The van der Waals surface area contributed by atoms with E-state index in [1.165, 1.54) is 0 Å². The van der Waals surface area contributed by atoms with E-state index in [2.05, 4.69) is 5.32 Å². The second-order valence-electron chi connectivity index (χ2n) is 6.83. The van der Waals surface area contributed by atoms with Crippen LogP contribution in [0.25, 0.3) is 0 Å². The van der Waals surface area contributed by atoms with Crippen LogP contribution in [0.2, 0.25) is 0 Å². The summed E-state index contributed by atoms with van der Waals surface area (Å²) in [4.78, 5) is 26.5. The molecular formula is C21H22N2O5. The first-order valence-electron chi connectivity index (χ1n) is 9.24. The van der Waals surface area contributed by atoms with Gasteiger partial charge in [-0.05, 0) is 29.8 Å². The van der Waals surface area contributed by atoms with Gasteiger partial charge in [0.2, 0.25) is 11.8 Å². The zero-order valence-corrected chi connectivity index (χ0v) is 15.6. The van der Waals surface area contributed by atoms with Gasteiger partial charge in [0.1, 0.15) is 19.0 Å². The SMILES string of the molecule is COc1ccc(CC(=O)N[C@H]2CC(=O)N(c3ccc4c(c3)OCCO4)C2)cc1. The Labute approximate surface area is 163 Å². The third-order valence-corrected chi connectivity index (χ3v) is 4.85. The van der Waals surface area contributed by atoms with Crippen molar-refractivity contribution in [2.24, 2.45) is 0 Å². The number of methoxy groups -OCH3 is 1. The molecule has 0 aromatic heterocycles. The van der Waals surface area contributed by atoms with Crippen LogP contribution >= 0.6 is 0 Å². The molecule has 1 N–H and O–H groups in total. The number of nitrogens with zero attached hydrogens (tertiary/aromatic N) is 1. The lowest BCUT2D eigenvalue weighted by Crippen LogP contribution is -2.38. The van der Waals surface area contributed by atoms with Crippen molar-refractivity contribution in [3.05, 3.63) is 48.0 Å². The molecule has 0 bridgehead atoms. The highest BCUT2D eigenvalue weighted by Crippen LogP contribution is 2.35. The molecule has 1 saturated heterocycles. The monoisotopic (exact) mass is 382 g/mol. The minimum atomic E-state index is -0.216. The van der Waals surface area contributed by atoms with Gasteiger partial charge in [0.25, 0.3) is 0 Å². The van der Waals surface area contributed by atoms with Crippen LogP contribution < -0.4 is 24.4 Å². The molecule has 146 valence electrons. The van der Waals surface area contributed by atoms with Crippen molar-refractivity contribution in [2.75, 3.05) is 31.8 Å². The normalized spacial score (nSPS) is 18.1. The molecule has 2 heterocycles. The Hall–Kier alpha value is -3.22. The van der Waals surface area contributed by atoms with Gasteiger partial charge >= 0.3 is 0 Å². The lowest BCUT2D eigenvalue weighted by atomic mass is 10.1. The van der Waals surface area contributed by atoms with Crippen LogP contribution in [0, 0.1) is 0 Å². The third kappa shape index (κ3) is 3.88. The molecule has 7 heteroatoms. The second-order valence-corrected chi connectivity index (χ2v) is 6.83. The number of benzene rings is 2. The fourth-order valence-electron chi connectivity index (χ4n) is 3.46. The molecule has 1 atom stereocenters. The summed E-state index contributed by atoms with van der Waals surface area (Å²) in [6.07, 6.45) is 0.543. The number of nitrogens with one attached hydrogen (secondary N) is 1. The molecule has 2 aromatic carbocycles. The average molecular weight is 382 g/mol. The molecule has 2 aliphatic rings. The molecule has 0 saturated carbocycles. The number of carbonyl (C=O) groups is 2. The number of anilines is 1. The van der Waals surface area contributed by atoms with Gasteiger partial charge in [-0.2, -0.15) is 0 Å². The first-order valence-corrected chi connectivity index (χ1v) is 9.24. The van der Waals surface area contributed by atoms with Crippen molar-refractivity contribution in [3.63, 3.8) is 0 Å². The summed E-state index contributed by atoms with van der Waals surface area (Å²) in [5.74, 6) is 1.95. The van der Waals surface area contributed by atoms with Gasteiger partial charge in [0.15, 0.2) is 11.5 Å². The van der Waals surface area contributed by atoms with Crippen molar-refractivity contribution in [1.29, 1.82) is 0 Å². The van der Waals surface area contributed by atoms with E-state index < -0.39 is 0 Å². The van der Waals surface area contributed by atoms with Gasteiger partial charge < -0.3 is 24.4 Å². The molecule has 0 spiro atoms. The number of rotatable bonds is 5. The molecule has 2 amide bonds. The highest BCUT2D eigenvalue weighted by atomic mass is 16.6. The van der Waals surface area contributed by atoms with E-state index in [1.807, 2.05) is 42.5 Å². The van der Waals surface area contributed by atoms with E-state index in [0.717, 1.165) is 17.0 Å². The van der Waals surface area contributed by atoms with E-state index in [0.29, 0.717) is 31.3 Å². The lowest BCUT2D eigenvalue weighted by Gasteiger charge is -2.22.